The average molecular weight is 361 g/mol. The van der Waals surface area contributed by atoms with Crippen LogP contribution in [-0.4, -0.2) is 21.7 Å². The van der Waals surface area contributed by atoms with Gasteiger partial charge in [0.25, 0.3) is 0 Å². The van der Waals surface area contributed by atoms with E-state index in [4.69, 9.17) is 0 Å². The molecule has 8 heteroatoms. The molecular weight excluding hydrogens is 344 g/mol. The predicted octanol–water partition coefficient (Wildman–Crippen LogP) is 3.06. The molecule has 0 aliphatic carbocycles. The smallest absolute Gasteiger partial charge is 0.387 e. The number of para-hydroxylation sites is 2. The first-order valence-corrected chi connectivity index (χ1v) is 8.02. The number of alkyl halides is 2. The van der Waals surface area contributed by atoms with Crippen LogP contribution < -0.4 is 15.7 Å². The lowest BCUT2D eigenvalue weighted by atomic mass is 10.3. The van der Waals surface area contributed by atoms with Gasteiger partial charge in [0.2, 0.25) is 5.91 Å². The van der Waals surface area contributed by atoms with Crippen LogP contribution in [0.4, 0.5) is 14.5 Å². The maximum atomic E-state index is 12.5. The molecule has 0 aliphatic rings. The monoisotopic (exact) mass is 361 g/mol. The lowest BCUT2D eigenvalue weighted by Crippen LogP contribution is -2.29. The Morgan fingerprint density at radius 2 is 1.69 bits per heavy atom. The Morgan fingerprint density at radius 1 is 1.08 bits per heavy atom. The molecule has 2 aromatic carbocycles. The van der Waals surface area contributed by atoms with Crippen LogP contribution in [0.25, 0.3) is 11.0 Å². The van der Waals surface area contributed by atoms with Crippen molar-refractivity contribution in [3.63, 3.8) is 0 Å². The van der Waals surface area contributed by atoms with Gasteiger partial charge < -0.3 is 10.1 Å². The van der Waals surface area contributed by atoms with E-state index >= 15 is 0 Å². The Hall–Kier alpha value is -3.16. The number of fused-ring (bicyclic) bond motifs is 1. The van der Waals surface area contributed by atoms with Gasteiger partial charge in [-0.3, -0.25) is 13.9 Å². The number of amides is 1. The number of carbonyl (C=O) groups excluding carboxylic acids is 1. The molecule has 1 heterocycles. The quantitative estimate of drug-likeness (QED) is 0.734. The van der Waals surface area contributed by atoms with Crippen LogP contribution in [0.2, 0.25) is 0 Å². The van der Waals surface area contributed by atoms with Crippen molar-refractivity contribution >= 4 is 22.6 Å². The van der Waals surface area contributed by atoms with E-state index in [0.717, 1.165) is 5.52 Å². The molecule has 0 spiro atoms. The van der Waals surface area contributed by atoms with Gasteiger partial charge >= 0.3 is 12.3 Å². The first kappa shape index (κ1) is 17.7. The topological polar surface area (TPSA) is 65.3 Å². The zero-order valence-electron chi connectivity index (χ0n) is 14.0. The Kier molecular flexibility index (Phi) is 5.01. The molecule has 0 radical (unpaired) electrons. The number of hydrogen-bond acceptors (Lipinski definition) is 3. The molecule has 3 aromatic rings. The van der Waals surface area contributed by atoms with Crippen LogP contribution >= 0.6 is 0 Å². The third-order valence-corrected chi connectivity index (χ3v) is 3.91. The minimum absolute atomic E-state index is 0.000217. The van der Waals surface area contributed by atoms with Crippen molar-refractivity contribution in [2.24, 2.45) is 0 Å². The van der Waals surface area contributed by atoms with Crippen molar-refractivity contribution in [2.45, 2.75) is 26.6 Å². The fraction of sp³-hybridized carbons (Fsp3) is 0.222. The zero-order valence-corrected chi connectivity index (χ0v) is 14.0. The third-order valence-electron chi connectivity index (χ3n) is 3.91. The maximum absolute atomic E-state index is 12.5. The number of carbonyl (C=O) groups is 1. The second-order valence-electron chi connectivity index (χ2n) is 5.55. The van der Waals surface area contributed by atoms with Crippen LogP contribution in [0.5, 0.6) is 5.75 Å². The number of anilines is 1. The van der Waals surface area contributed by atoms with Crippen LogP contribution in [0, 0.1) is 0 Å². The molecule has 0 fully saturated rings. The second kappa shape index (κ2) is 7.38. The molecule has 1 aromatic heterocycles. The number of aryl methyl sites for hydroxylation is 1. The van der Waals surface area contributed by atoms with E-state index in [1.165, 1.54) is 28.8 Å². The van der Waals surface area contributed by atoms with E-state index in [-0.39, 0.29) is 18.0 Å². The van der Waals surface area contributed by atoms with Crippen LogP contribution in [0.15, 0.2) is 53.3 Å². The summed E-state index contributed by atoms with van der Waals surface area (Å²) in [5, 5.41) is 2.64. The Labute approximate surface area is 147 Å². The van der Waals surface area contributed by atoms with Gasteiger partial charge in [0.05, 0.1) is 11.0 Å². The highest BCUT2D eigenvalue weighted by Gasteiger charge is 2.14. The van der Waals surface area contributed by atoms with E-state index in [1.807, 2.05) is 19.1 Å². The molecule has 0 aliphatic heterocycles. The van der Waals surface area contributed by atoms with Gasteiger partial charge in [-0.1, -0.05) is 12.1 Å². The minimum Gasteiger partial charge on any atom is -0.435 e. The Morgan fingerprint density at radius 3 is 2.27 bits per heavy atom. The number of aromatic nitrogens is 2. The summed E-state index contributed by atoms with van der Waals surface area (Å²) in [6.45, 7) is -0.694. The fourth-order valence-corrected chi connectivity index (χ4v) is 2.79. The summed E-state index contributed by atoms with van der Waals surface area (Å²) >= 11 is 0. The van der Waals surface area contributed by atoms with Crippen molar-refractivity contribution < 1.29 is 18.3 Å². The number of nitrogens with zero attached hydrogens (tertiary/aromatic N) is 2. The molecule has 0 unspecified atom stereocenters. The van der Waals surface area contributed by atoms with E-state index in [2.05, 4.69) is 10.1 Å². The molecule has 0 saturated carbocycles. The number of benzene rings is 2. The summed E-state index contributed by atoms with van der Waals surface area (Å²) in [6.07, 6.45) is 0. The summed E-state index contributed by atoms with van der Waals surface area (Å²) in [6, 6.07) is 12.8. The number of halogens is 2. The van der Waals surface area contributed by atoms with Crippen molar-refractivity contribution in [1.29, 1.82) is 0 Å². The Bertz CT molecular complexity index is 978. The van der Waals surface area contributed by atoms with Gasteiger partial charge in [0.15, 0.2) is 0 Å². The summed E-state index contributed by atoms with van der Waals surface area (Å²) in [5.74, 6) is -0.395. The summed E-state index contributed by atoms with van der Waals surface area (Å²) in [7, 11) is 0. The van der Waals surface area contributed by atoms with Gasteiger partial charge in [0, 0.05) is 12.2 Å². The number of hydrogen-bond donors (Lipinski definition) is 1. The lowest BCUT2D eigenvalue weighted by molar-refractivity contribution is -0.116. The molecule has 6 nitrogen and oxygen atoms in total. The third kappa shape index (κ3) is 3.58. The first-order valence-electron chi connectivity index (χ1n) is 8.02. The molecule has 26 heavy (non-hydrogen) atoms. The normalized spacial score (nSPS) is 11.1. The Balaban J connectivity index is 1.77. The van der Waals surface area contributed by atoms with Crippen molar-refractivity contribution in [1.82, 2.24) is 9.13 Å². The van der Waals surface area contributed by atoms with E-state index in [9.17, 15) is 18.4 Å². The standard InChI is InChI=1S/C18H17F2N3O3/c1-2-22-14-5-3-4-6-15(14)23(18(22)25)11-16(24)21-12-7-9-13(10-8-12)26-17(19)20/h3-10,17H,2,11H2,1H3,(H,21,24). The maximum Gasteiger partial charge on any atom is 0.387 e. The molecule has 3 rings (SSSR count). The van der Waals surface area contributed by atoms with Crippen LogP contribution in [0.3, 0.4) is 0 Å². The molecule has 136 valence electrons. The number of imidazole rings is 1. The highest BCUT2D eigenvalue weighted by atomic mass is 19.3. The lowest BCUT2D eigenvalue weighted by Gasteiger charge is -2.08. The van der Waals surface area contributed by atoms with E-state index < -0.39 is 12.5 Å². The van der Waals surface area contributed by atoms with E-state index in [1.54, 1.807) is 16.7 Å². The number of nitrogens with one attached hydrogen (secondary N) is 1. The van der Waals surface area contributed by atoms with Crippen molar-refractivity contribution in [2.75, 3.05) is 5.32 Å². The molecule has 0 atom stereocenters. The van der Waals surface area contributed by atoms with Gasteiger partial charge in [0.1, 0.15) is 12.3 Å². The highest BCUT2D eigenvalue weighted by molar-refractivity contribution is 5.91. The molecule has 1 N–H and O–H groups in total. The van der Waals surface area contributed by atoms with Gasteiger partial charge in [-0.15, -0.1) is 0 Å². The summed E-state index contributed by atoms with van der Waals surface area (Å²) in [5.41, 5.74) is 1.60. The van der Waals surface area contributed by atoms with Crippen LogP contribution in [-0.2, 0) is 17.9 Å². The minimum atomic E-state index is -2.90. The largest absolute Gasteiger partial charge is 0.435 e. The van der Waals surface area contributed by atoms with Gasteiger partial charge in [-0.2, -0.15) is 8.78 Å². The van der Waals surface area contributed by atoms with Crippen molar-refractivity contribution in [3.05, 3.63) is 59.0 Å². The second-order valence-corrected chi connectivity index (χ2v) is 5.55. The predicted molar refractivity (Wildman–Crippen MR) is 93.6 cm³/mol. The highest BCUT2D eigenvalue weighted by Crippen LogP contribution is 2.18. The van der Waals surface area contributed by atoms with E-state index in [0.29, 0.717) is 17.7 Å². The summed E-state index contributed by atoms with van der Waals surface area (Å²) in [4.78, 5) is 24.8. The van der Waals surface area contributed by atoms with Gasteiger partial charge in [-0.05, 0) is 43.3 Å². The molecule has 1 amide bonds. The molecular formula is C18H17F2N3O3. The number of rotatable bonds is 6. The summed E-state index contributed by atoms with van der Waals surface area (Å²) < 4.78 is 31.5. The first-order chi connectivity index (χ1) is 12.5. The zero-order chi connectivity index (χ0) is 18.7. The van der Waals surface area contributed by atoms with Crippen molar-refractivity contribution in [3.8, 4) is 5.75 Å². The van der Waals surface area contributed by atoms with Crippen LogP contribution in [0.1, 0.15) is 6.92 Å². The fourth-order valence-electron chi connectivity index (χ4n) is 2.79. The number of ether oxygens (including phenoxy) is 1. The molecule has 0 saturated heterocycles. The molecule has 0 bridgehead atoms. The SMILES string of the molecule is CCn1c(=O)n(CC(=O)Nc2ccc(OC(F)F)cc2)c2ccccc21. The van der Waals surface area contributed by atoms with Gasteiger partial charge in [-0.25, -0.2) is 4.79 Å². The average Bonchev–Trinajstić information content (AvgIpc) is 2.88.